The summed E-state index contributed by atoms with van der Waals surface area (Å²) >= 11 is 0. The Morgan fingerprint density at radius 3 is 1.77 bits per heavy atom. The summed E-state index contributed by atoms with van der Waals surface area (Å²) in [6, 6.07) is 0. The molecule has 3 heterocycles. The molecular weight excluding hydrogens is 627 g/mol. The van der Waals surface area contributed by atoms with Crippen LogP contribution in [0.1, 0.15) is 141 Å². The number of hydrogen-bond acceptors (Lipinski definition) is 6. The Bertz CT molecular complexity index is 1220. The summed E-state index contributed by atoms with van der Waals surface area (Å²) in [6.45, 7) is 37.1. The van der Waals surface area contributed by atoms with Crippen LogP contribution in [0.3, 0.4) is 0 Å². The number of hydrogen-bond donors (Lipinski definition) is 4. The first kappa shape index (κ1) is 48.1. The molecule has 1 fully saturated rings. The van der Waals surface area contributed by atoms with Crippen molar-refractivity contribution in [2.45, 2.75) is 190 Å². The molecule has 2 aliphatic rings. The van der Waals surface area contributed by atoms with Crippen molar-refractivity contribution < 1.29 is 9.84 Å². The topological polar surface area (TPSA) is 111 Å². The average Bonchev–Trinajstić information content (AvgIpc) is 3.42. The Kier molecular flexibility index (Phi) is 20.7. The number of aliphatic hydroxyl groups excluding tert-OH is 1. The zero-order chi connectivity index (χ0) is 35.7. The van der Waals surface area contributed by atoms with Crippen molar-refractivity contribution >= 4 is 27.9 Å². The molecule has 0 spiro atoms. The summed E-state index contributed by atoms with van der Waals surface area (Å²) in [5, 5.41) is 13.7. The van der Waals surface area contributed by atoms with E-state index in [9.17, 15) is 5.11 Å². The van der Waals surface area contributed by atoms with Crippen LogP contribution in [0.25, 0.3) is 0 Å². The summed E-state index contributed by atoms with van der Waals surface area (Å²) in [7, 11) is -1.84. The molecule has 278 valence electrons. The Morgan fingerprint density at radius 2 is 1.42 bits per heavy atom. The van der Waals surface area contributed by atoms with Crippen LogP contribution in [0.5, 0.6) is 0 Å². The maximum absolute atomic E-state index is 10.7. The molecule has 5 atom stereocenters. The quantitative estimate of drug-likeness (QED) is 0.167. The van der Waals surface area contributed by atoms with Gasteiger partial charge in [0.2, 0.25) is 0 Å². The summed E-state index contributed by atoms with van der Waals surface area (Å²) in [6.07, 6.45) is 1.36. The predicted molar refractivity (Wildman–Crippen MR) is 219 cm³/mol. The summed E-state index contributed by atoms with van der Waals surface area (Å²) in [5.41, 5.74) is 18.1. The van der Waals surface area contributed by atoms with E-state index >= 15 is 0 Å². The number of aromatic nitrogens is 1. The minimum absolute atomic E-state index is 0. The van der Waals surface area contributed by atoms with Gasteiger partial charge in [0, 0.05) is 25.8 Å². The molecule has 0 aromatic carbocycles. The Hall–Kier alpha value is -2.02. The molecule has 3 rings (SSSR count). The van der Waals surface area contributed by atoms with Gasteiger partial charge in [-0.1, -0.05) is 163 Å². The second kappa shape index (κ2) is 20.6. The Morgan fingerprint density at radius 1 is 0.938 bits per heavy atom. The van der Waals surface area contributed by atoms with Gasteiger partial charge < -0.3 is 31.2 Å². The van der Waals surface area contributed by atoms with Crippen LogP contribution in [0.2, 0.25) is 47.3 Å². The van der Waals surface area contributed by atoms with E-state index in [1.165, 1.54) is 0 Å². The van der Waals surface area contributed by atoms with E-state index in [1.807, 2.05) is 24.6 Å². The lowest BCUT2D eigenvalue weighted by molar-refractivity contribution is -0.0362. The highest BCUT2D eigenvalue weighted by molar-refractivity contribution is 6.84. The van der Waals surface area contributed by atoms with Gasteiger partial charge >= 0.3 is 0 Å². The third-order valence-electron chi connectivity index (χ3n) is 10.6. The zero-order valence-electron chi connectivity index (χ0n) is 32.2. The molecule has 9 heteroatoms. The number of nitrogens with one attached hydrogen (secondary N) is 1. The van der Waals surface area contributed by atoms with Crippen molar-refractivity contribution in [2.24, 2.45) is 22.4 Å². The molecule has 0 bridgehead atoms. The summed E-state index contributed by atoms with van der Waals surface area (Å²) in [4.78, 5) is 4.18. The monoisotopic (exact) mass is 704 g/mol. The van der Waals surface area contributed by atoms with Gasteiger partial charge in [0.1, 0.15) is 18.1 Å². The van der Waals surface area contributed by atoms with Crippen LogP contribution >= 0.6 is 0 Å². The highest BCUT2D eigenvalue weighted by Crippen LogP contribution is 2.48. The largest absolute Gasteiger partial charge is 0.388 e. The van der Waals surface area contributed by atoms with E-state index in [2.05, 4.69) is 123 Å². The van der Waals surface area contributed by atoms with Crippen LogP contribution in [-0.4, -0.2) is 44.0 Å². The van der Waals surface area contributed by atoms with Crippen LogP contribution < -0.4 is 16.8 Å². The summed E-state index contributed by atoms with van der Waals surface area (Å²) in [5.74, 6) is 12.8. The molecule has 6 N–H and O–H groups in total. The van der Waals surface area contributed by atoms with Gasteiger partial charge in [-0.05, 0) is 13.3 Å². The van der Waals surface area contributed by atoms with Crippen molar-refractivity contribution in [1.29, 1.82) is 0 Å². The van der Waals surface area contributed by atoms with Gasteiger partial charge in [-0.2, -0.15) is 0 Å². The predicted octanol–water partition coefficient (Wildman–Crippen LogP) is 10.3. The maximum Gasteiger partial charge on any atom is 0.196 e. The van der Waals surface area contributed by atoms with Gasteiger partial charge in [-0.15, -0.1) is 5.92 Å². The van der Waals surface area contributed by atoms with Crippen molar-refractivity contribution in [1.82, 2.24) is 4.57 Å². The van der Waals surface area contributed by atoms with E-state index in [1.54, 1.807) is 6.92 Å². The van der Waals surface area contributed by atoms with Crippen molar-refractivity contribution in [3.8, 4) is 23.7 Å². The minimum Gasteiger partial charge on any atom is -0.388 e. The fraction of sp³-hybridized carbons (Fsp3) is 0.769. The third kappa shape index (κ3) is 11.5. The van der Waals surface area contributed by atoms with Gasteiger partial charge in [0.05, 0.1) is 26.2 Å². The highest BCUT2D eigenvalue weighted by Gasteiger charge is 2.45. The number of guanidine groups is 1. The Labute approximate surface area is 299 Å². The number of aliphatic hydroxyl groups is 1. The number of nitrogens with two attached hydrogens (primary N) is 2. The van der Waals surface area contributed by atoms with Gasteiger partial charge in [0.15, 0.2) is 12.2 Å². The average molecular weight is 704 g/mol. The molecule has 2 aliphatic heterocycles. The number of ether oxygens (including phenoxy) is 1. The van der Waals surface area contributed by atoms with E-state index < -0.39 is 34.6 Å². The number of anilines is 1. The lowest BCUT2D eigenvalue weighted by Crippen LogP contribution is -2.47. The molecule has 0 saturated carbocycles. The fourth-order valence-corrected chi connectivity index (χ4v) is 15.5. The molecule has 2 unspecified atom stereocenters. The first-order valence-corrected chi connectivity index (χ1v) is 23.4. The van der Waals surface area contributed by atoms with Crippen LogP contribution in [0.15, 0.2) is 11.2 Å². The number of fused-ring (bicyclic) bond motifs is 1. The zero-order valence-corrected chi connectivity index (χ0v) is 34.2. The van der Waals surface area contributed by atoms with E-state index in [-0.39, 0.29) is 32.8 Å². The first-order chi connectivity index (χ1) is 21.2. The maximum atomic E-state index is 10.7. The smallest absolute Gasteiger partial charge is 0.196 e. The van der Waals surface area contributed by atoms with E-state index in [4.69, 9.17) is 16.2 Å². The van der Waals surface area contributed by atoms with Gasteiger partial charge in [0.25, 0.3) is 0 Å². The number of rotatable bonds is 7. The SMILES string of the molecule is C.C.CC#CCC#Cc1cn([C@@H]2O[C@H](CC)[C@H](C)C2O)c2c1C(N)N=C(N)N2.CC(C)[Si](C(C)C)(C(C)C)C(C)C.CC(C)[Si](C)(C)C. The van der Waals surface area contributed by atoms with Crippen molar-refractivity contribution in [3.63, 3.8) is 0 Å². The molecule has 1 aromatic heterocycles. The molecule has 1 saturated heterocycles. The number of nitrogens with zero attached hydrogens (tertiary/aromatic N) is 2. The molecule has 0 radical (unpaired) electrons. The fourth-order valence-electron chi connectivity index (χ4n) is 7.47. The van der Waals surface area contributed by atoms with Gasteiger partial charge in [-0.25, -0.2) is 4.99 Å². The van der Waals surface area contributed by atoms with Crippen LogP contribution in [0, 0.1) is 29.6 Å². The second-order valence-corrected chi connectivity index (χ2v) is 28.2. The third-order valence-corrected chi connectivity index (χ3v) is 22.1. The molecule has 7 nitrogen and oxygen atoms in total. The van der Waals surface area contributed by atoms with E-state index in [0.29, 0.717) is 12.2 Å². The summed E-state index contributed by atoms with van der Waals surface area (Å²) < 4.78 is 7.93. The van der Waals surface area contributed by atoms with Crippen molar-refractivity contribution in [2.75, 3.05) is 5.32 Å². The Balaban J connectivity index is 0. The van der Waals surface area contributed by atoms with Crippen LogP contribution in [-0.2, 0) is 4.74 Å². The standard InChI is InChI=1S/C19H25N5O2.C12H28Si.C6H16Si.2CH4/c1-4-6-7-8-9-12-10-24(17-14(12)16(20)22-19(21)23-17)18-15(25)11(3)13(5-2)26-18;1-9(2)13(10(3)4,11(5)6)12(7)8;1-6(2)7(3,4)5;;/h10-11,13,15-16,18,25H,5,7,20H2,1-3H3,(H3,21,22,23);9-12H,1-8H3;6H,1-5H3;2*1H4/t11-,13+,15?,16?,18+;;;;/m0..../s1. The molecule has 0 amide bonds. The second-order valence-electron chi connectivity index (χ2n) is 15.7. The molecule has 48 heavy (non-hydrogen) atoms. The first-order valence-electron chi connectivity index (χ1n) is 17.5. The van der Waals surface area contributed by atoms with Crippen LogP contribution in [0.4, 0.5) is 5.82 Å². The van der Waals surface area contributed by atoms with E-state index in [0.717, 1.165) is 45.3 Å². The van der Waals surface area contributed by atoms with Gasteiger partial charge in [-0.3, -0.25) is 0 Å². The van der Waals surface area contributed by atoms with Crippen molar-refractivity contribution in [3.05, 3.63) is 17.3 Å². The lowest BCUT2D eigenvalue weighted by Gasteiger charge is -2.46. The highest BCUT2D eigenvalue weighted by atomic mass is 28.3. The lowest BCUT2D eigenvalue weighted by atomic mass is 9.99. The minimum atomic E-state index is -1.10. The normalized spacial score (nSPS) is 21.6. The molecule has 1 aromatic rings. The number of aliphatic imine (C=N–C) groups is 1. The molecule has 0 aliphatic carbocycles. The molecular formula is C39H77N5O2Si2.